The van der Waals surface area contributed by atoms with Gasteiger partial charge in [-0.05, 0) is 19.1 Å². The average molecular weight is 251 g/mol. The fourth-order valence-corrected chi connectivity index (χ4v) is 1.37. The zero-order valence-corrected chi connectivity index (χ0v) is 10.4. The largest absolute Gasteiger partial charge is 0.409 e. The van der Waals surface area contributed by atoms with E-state index in [1.165, 1.54) is 4.90 Å². The average Bonchev–Trinajstić information content (AvgIpc) is 2.44. The highest BCUT2D eigenvalue weighted by atomic mass is 16.4. The van der Waals surface area contributed by atoms with E-state index in [1.807, 2.05) is 0 Å². The number of amides is 1. The summed E-state index contributed by atoms with van der Waals surface area (Å²) in [6, 6.07) is 6.13. The fraction of sp³-hybridized carbons (Fsp3) is 0.333. The van der Waals surface area contributed by atoms with E-state index in [-0.39, 0.29) is 24.4 Å². The van der Waals surface area contributed by atoms with Crippen molar-refractivity contribution in [3.8, 4) is 0 Å². The fourth-order valence-electron chi connectivity index (χ4n) is 1.37. The first-order valence-electron chi connectivity index (χ1n) is 5.47. The third-order valence-corrected chi connectivity index (χ3v) is 2.78. The van der Waals surface area contributed by atoms with Gasteiger partial charge in [0.1, 0.15) is 0 Å². The van der Waals surface area contributed by atoms with E-state index >= 15 is 0 Å². The Bertz CT molecular complexity index is 442. The van der Waals surface area contributed by atoms with Gasteiger partial charge in [-0.1, -0.05) is 17.3 Å². The quantitative estimate of drug-likeness (QED) is 0.309. The molecule has 1 atom stereocenters. The molecule has 98 valence electrons. The van der Waals surface area contributed by atoms with Crippen LogP contribution in [0.25, 0.3) is 0 Å². The summed E-state index contributed by atoms with van der Waals surface area (Å²) in [6.07, 6.45) is 0. The molecule has 0 aliphatic rings. The van der Waals surface area contributed by atoms with Crippen molar-refractivity contribution in [2.45, 2.75) is 13.0 Å². The van der Waals surface area contributed by atoms with Crippen LogP contribution in [0.1, 0.15) is 22.8 Å². The van der Waals surface area contributed by atoms with Gasteiger partial charge in [-0.25, -0.2) is 0 Å². The van der Waals surface area contributed by atoms with Crippen LogP contribution in [0.4, 0.5) is 0 Å². The Labute approximate surface area is 105 Å². The van der Waals surface area contributed by atoms with Gasteiger partial charge in [0.2, 0.25) is 0 Å². The molecule has 0 bridgehead atoms. The van der Waals surface area contributed by atoms with Gasteiger partial charge in [-0.15, -0.1) is 0 Å². The second-order valence-electron chi connectivity index (χ2n) is 4.01. The Morgan fingerprint density at radius 3 is 2.33 bits per heavy atom. The predicted molar refractivity (Wildman–Crippen MR) is 67.6 cm³/mol. The van der Waals surface area contributed by atoms with Crippen molar-refractivity contribution in [1.29, 1.82) is 0 Å². The maximum Gasteiger partial charge on any atom is 0.253 e. The van der Waals surface area contributed by atoms with E-state index < -0.39 is 0 Å². The zero-order valence-electron chi connectivity index (χ0n) is 10.4. The maximum absolute atomic E-state index is 12.0. The summed E-state index contributed by atoms with van der Waals surface area (Å²) >= 11 is 0. The molecule has 1 aromatic carbocycles. The number of aliphatic hydroxyl groups is 1. The highest BCUT2D eigenvalue weighted by Crippen LogP contribution is 2.08. The van der Waals surface area contributed by atoms with Gasteiger partial charge in [0, 0.05) is 18.2 Å². The molecule has 18 heavy (non-hydrogen) atoms. The van der Waals surface area contributed by atoms with E-state index in [0.29, 0.717) is 11.1 Å². The van der Waals surface area contributed by atoms with E-state index in [2.05, 4.69) is 5.16 Å². The van der Waals surface area contributed by atoms with Crippen LogP contribution >= 0.6 is 0 Å². The van der Waals surface area contributed by atoms with Gasteiger partial charge < -0.3 is 20.9 Å². The summed E-state index contributed by atoms with van der Waals surface area (Å²) in [7, 11) is 1.63. The molecule has 6 nitrogen and oxygen atoms in total. The second-order valence-corrected chi connectivity index (χ2v) is 4.01. The second kappa shape index (κ2) is 6.02. The van der Waals surface area contributed by atoms with Gasteiger partial charge in [-0.3, -0.25) is 4.79 Å². The van der Waals surface area contributed by atoms with Crippen LogP contribution in [0.2, 0.25) is 0 Å². The number of hydrogen-bond acceptors (Lipinski definition) is 4. The zero-order chi connectivity index (χ0) is 13.7. The van der Waals surface area contributed by atoms with Crippen LogP contribution in [0.15, 0.2) is 29.4 Å². The van der Waals surface area contributed by atoms with Crippen LogP contribution in [0, 0.1) is 0 Å². The summed E-state index contributed by atoms with van der Waals surface area (Å²) in [5.74, 6) is -0.200. The minimum atomic E-state index is -0.249. The van der Waals surface area contributed by atoms with Crippen molar-refractivity contribution in [1.82, 2.24) is 4.90 Å². The molecule has 0 saturated heterocycles. The van der Waals surface area contributed by atoms with Gasteiger partial charge in [-0.2, -0.15) is 0 Å². The van der Waals surface area contributed by atoms with E-state index in [0.717, 1.165) is 0 Å². The molecule has 0 aliphatic carbocycles. The Hall–Kier alpha value is -2.08. The first kappa shape index (κ1) is 14.0. The summed E-state index contributed by atoms with van der Waals surface area (Å²) in [6.45, 7) is 1.66. The predicted octanol–water partition coefficient (Wildman–Crippen LogP) is 0.234. The third-order valence-electron chi connectivity index (χ3n) is 2.78. The van der Waals surface area contributed by atoms with Crippen LogP contribution in [-0.4, -0.2) is 46.7 Å². The number of oxime groups is 1. The van der Waals surface area contributed by atoms with Gasteiger partial charge >= 0.3 is 0 Å². The lowest BCUT2D eigenvalue weighted by Crippen LogP contribution is -2.37. The molecular formula is C12H17N3O3. The molecule has 0 aliphatic heterocycles. The number of likely N-dealkylation sites (N-methyl/N-ethyl adjacent to an activating group) is 1. The minimum absolute atomic E-state index is 0.00826. The first-order valence-corrected chi connectivity index (χ1v) is 5.47. The SMILES string of the molecule is CC(CO)N(C)C(=O)c1ccc(/C(N)=N/O)cc1. The topological polar surface area (TPSA) is 99.2 Å². The van der Waals surface area contributed by atoms with Crippen molar-refractivity contribution < 1.29 is 15.1 Å². The van der Waals surface area contributed by atoms with Crippen molar-refractivity contribution in [3.05, 3.63) is 35.4 Å². The maximum atomic E-state index is 12.0. The molecule has 0 saturated carbocycles. The number of carbonyl (C=O) groups is 1. The number of rotatable bonds is 4. The summed E-state index contributed by atoms with van der Waals surface area (Å²) < 4.78 is 0. The highest BCUT2D eigenvalue weighted by molar-refractivity contribution is 5.99. The van der Waals surface area contributed by atoms with Gasteiger partial charge in [0.05, 0.1) is 12.6 Å². The van der Waals surface area contributed by atoms with Crippen molar-refractivity contribution in [2.24, 2.45) is 10.9 Å². The van der Waals surface area contributed by atoms with Gasteiger partial charge in [0.15, 0.2) is 5.84 Å². The smallest absolute Gasteiger partial charge is 0.253 e. The van der Waals surface area contributed by atoms with E-state index in [9.17, 15) is 4.79 Å². The number of nitrogens with zero attached hydrogens (tertiary/aromatic N) is 2. The Morgan fingerprint density at radius 1 is 1.39 bits per heavy atom. The van der Waals surface area contributed by atoms with Crippen LogP contribution in [0.3, 0.4) is 0 Å². The molecule has 0 spiro atoms. The molecule has 4 N–H and O–H groups in total. The molecule has 1 rings (SSSR count). The molecular weight excluding hydrogens is 234 g/mol. The van der Waals surface area contributed by atoms with Crippen LogP contribution in [0.5, 0.6) is 0 Å². The van der Waals surface area contributed by atoms with E-state index in [1.54, 1.807) is 38.2 Å². The van der Waals surface area contributed by atoms with E-state index in [4.69, 9.17) is 16.0 Å². The first-order chi connectivity index (χ1) is 8.51. The number of nitrogens with two attached hydrogens (primary N) is 1. The Morgan fingerprint density at radius 2 is 1.89 bits per heavy atom. The van der Waals surface area contributed by atoms with Crippen molar-refractivity contribution in [3.63, 3.8) is 0 Å². The van der Waals surface area contributed by atoms with Crippen molar-refractivity contribution in [2.75, 3.05) is 13.7 Å². The lowest BCUT2D eigenvalue weighted by atomic mass is 10.1. The molecule has 1 unspecified atom stereocenters. The molecule has 0 aromatic heterocycles. The number of hydrogen-bond donors (Lipinski definition) is 3. The summed E-state index contributed by atoms with van der Waals surface area (Å²) in [5, 5.41) is 20.4. The summed E-state index contributed by atoms with van der Waals surface area (Å²) in [4.78, 5) is 13.5. The van der Waals surface area contributed by atoms with Crippen LogP contribution in [-0.2, 0) is 0 Å². The minimum Gasteiger partial charge on any atom is -0.409 e. The third kappa shape index (κ3) is 2.98. The lowest BCUT2D eigenvalue weighted by Gasteiger charge is -2.23. The van der Waals surface area contributed by atoms with Gasteiger partial charge in [0.25, 0.3) is 5.91 Å². The molecule has 0 heterocycles. The Kier molecular flexibility index (Phi) is 4.67. The summed E-state index contributed by atoms with van der Waals surface area (Å²) in [5.41, 5.74) is 6.43. The molecule has 0 fully saturated rings. The van der Waals surface area contributed by atoms with Crippen LogP contribution < -0.4 is 5.73 Å². The Balaban J connectivity index is 2.89. The highest BCUT2D eigenvalue weighted by Gasteiger charge is 2.16. The normalized spacial score (nSPS) is 13.2. The monoisotopic (exact) mass is 251 g/mol. The number of benzene rings is 1. The standard InChI is InChI=1S/C12H17N3O3/c1-8(7-16)15(2)12(17)10-5-3-9(4-6-10)11(13)14-18/h3-6,8,16,18H,7H2,1-2H3,(H2,13,14). The number of aliphatic hydroxyl groups excluding tert-OH is 1. The molecule has 0 radical (unpaired) electrons. The molecule has 1 aromatic rings. The molecule has 6 heteroatoms. The number of amidine groups is 1. The molecule has 1 amide bonds. The van der Waals surface area contributed by atoms with Crippen molar-refractivity contribution >= 4 is 11.7 Å². The lowest BCUT2D eigenvalue weighted by molar-refractivity contribution is 0.0682. The number of carbonyl (C=O) groups excluding carboxylic acids is 1.